The average Bonchev–Trinajstić information content (AvgIpc) is 2.61. The van der Waals surface area contributed by atoms with Gasteiger partial charge in [0, 0.05) is 17.0 Å². The van der Waals surface area contributed by atoms with Crippen molar-refractivity contribution in [2.75, 3.05) is 0 Å². The highest BCUT2D eigenvalue weighted by molar-refractivity contribution is 7.10. The molecule has 0 radical (unpaired) electrons. The summed E-state index contributed by atoms with van der Waals surface area (Å²) in [5.41, 5.74) is 1.44. The first-order chi connectivity index (χ1) is 8.16. The summed E-state index contributed by atoms with van der Waals surface area (Å²) in [6.07, 6.45) is 6.93. The fourth-order valence-corrected chi connectivity index (χ4v) is 3.86. The Morgan fingerprint density at radius 2 is 2.12 bits per heavy atom. The predicted octanol–water partition coefficient (Wildman–Crippen LogP) is 4.68. The second-order valence-corrected chi connectivity index (χ2v) is 6.61. The Kier molecular flexibility index (Phi) is 4.63. The fraction of sp³-hybridized carbons (Fsp3) is 0.733. The van der Waals surface area contributed by atoms with Gasteiger partial charge in [0.05, 0.1) is 0 Å². The first-order valence-corrected chi connectivity index (χ1v) is 7.85. The number of nitrogens with one attached hydrogen (secondary N) is 1. The van der Waals surface area contributed by atoms with Crippen molar-refractivity contribution in [1.82, 2.24) is 5.32 Å². The number of hydrogen-bond acceptors (Lipinski definition) is 2. The Labute approximate surface area is 110 Å². The third kappa shape index (κ3) is 3.56. The summed E-state index contributed by atoms with van der Waals surface area (Å²) < 4.78 is 0. The number of hydrogen-bond donors (Lipinski definition) is 1. The molecule has 0 spiro atoms. The zero-order valence-electron chi connectivity index (χ0n) is 11.3. The molecule has 96 valence electrons. The van der Waals surface area contributed by atoms with Crippen molar-refractivity contribution in [3.8, 4) is 0 Å². The quantitative estimate of drug-likeness (QED) is 0.769. The maximum absolute atomic E-state index is 3.83. The van der Waals surface area contributed by atoms with E-state index in [1.165, 1.54) is 42.5 Å². The van der Waals surface area contributed by atoms with Gasteiger partial charge in [0.2, 0.25) is 0 Å². The Hall–Kier alpha value is -0.340. The van der Waals surface area contributed by atoms with E-state index in [1.807, 2.05) is 11.3 Å². The minimum Gasteiger partial charge on any atom is -0.307 e. The highest BCUT2D eigenvalue weighted by atomic mass is 32.1. The minimum absolute atomic E-state index is 0.522. The van der Waals surface area contributed by atoms with Crippen molar-refractivity contribution in [2.24, 2.45) is 5.92 Å². The van der Waals surface area contributed by atoms with E-state index in [0.717, 1.165) is 12.0 Å². The van der Waals surface area contributed by atoms with Crippen molar-refractivity contribution in [3.63, 3.8) is 0 Å². The second-order valence-electron chi connectivity index (χ2n) is 5.67. The van der Waals surface area contributed by atoms with Crippen LogP contribution in [0.1, 0.15) is 62.4 Å². The van der Waals surface area contributed by atoms with Crippen LogP contribution in [0.25, 0.3) is 0 Å². The lowest BCUT2D eigenvalue weighted by Gasteiger charge is -2.22. The van der Waals surface area contributed by atoms with E-state index >= 15 is 0 Å². The summed E-state index contributed by atoms with van der Waals surface area (Å²) >= 11 is 1.89. The summed E-state index contributed by atoms with van der Waals surface area (Å²) in [7, 11) is 0. The van der Waals surface area contributed by atoms with E-state index < -0.39 is 0 Å². The molecule has 2 rings (SSSR count). The molecule has 3 unspecified atom stereocenters. The summed E-state index contributed by atoms with van der Waals surface area (Å²) in [6, 6.07) is 3.48. The van der Waals surface area contributed by atoms with E-state index in [1.54, 1.807) is 0 Å². The Morgan fingerprint density at radius 3 is 2.82 bits per heavy atom. The highest BCUT2D eigenvalue weighted by Gasteiger charge is 2.19. The molecule has 1 nitrogen and oxygen atoms in total. The standard InChI is InChI=1S/C15H25NS/c1-11-5-4-6-14(8-7-11)16-13(3)15-12(2)9-10-17-15/h9-11,13-14,16H,4-8H2,1-3H3. The molecule has 0 aliphatic heterocycles. The van der Waals surface area contributed by atoms with Gasteiger partial charge in [-0.1, -0.05) is 19.8 Å². The third-order valence-electron chi connectivity index (χ3n) is 4.04. The molecular formula is C15H25NS. The van der Waals surface area contributed by atoms with Crippen LogP contribution in [0.15, 0.2) is 11.4 Å². The SMILES string of the molecule is Cc1ccsc1C(C)NC1CCCC(C)CC1. The first kappa shape index (κ1) is 13.1. The first-order valence-electron chi connectivity index (χ1n) is 6.97. The molecule has 1 aliphatic rings. The summed E-state index contributed by atoms with van der Waals surface area (Å²) in [6.45, 7) is 6.93. The molecular weight excluding hydrogens is 226 g/mol. The van der Waals surface area contributed by atoms with Crippen LogP contribution < -0.4 is 5.32 Å². The minimum atomic E-state index is 0.522. The van der Waals surface area contributed by atoms with Gasteiger partial charge in [0.1, 0.15) is 0 Å². The van der Waals surface area contributed by atoms with Crippen molar-refractivity contribution >= 4 is 11.3 Å². The van der Waals surface area contributed by atoms with Gasteiger partial charge in [-0.15, -0.1) is 11.3 Å². The maximum atomic E-state index is 3.83. The molecule has 1 saturated carbocycles. The maximum Gasteiger partial charge on any atom is 0.0390 e. The van der Waals surface area contributed by atoms with E-state index in [0.29, 0.717) is 6.04 Å². The Morgan fingerprint density at radius 1 is 1.29 bits per heavy atom. The molecule has 1 aromatic heterocycles. The fourth-order valence-electron chi connectivity index (χ4n) is 2.91. The van der Waals surface area contributed by atoms with Crippen LogP contribution in [-0.2, 0) is 0 Å². The molecule has 0 amide bonds. The second kappa shape index (κ2) is 6.01. The van der Waals surface area contributed by atoms with Crippen LogP contribution in [0, 0.1) is 12.8 Å². The van der Waals surface area contributed by atoms with Gasteiger partial charge < -0.3 is 5.32 Å². The number of thiophene rings is 1. The van der Waals surface area contributed by atoms with Crippen LogP contribution >= 0.6 is 11.3 Å². The van der Waals surface area contributed by atoms with Crippen molar-refractivity contribution in [1.29, 1.82) is 0 Å². The summed E-state index contributed by atoms with van der Waals surface area (Å²) in [5.74, 6) is 0.931. The highest BCUT2D eigenvalue weighted by Crippen LogP contribution is 2.27. The van der Waals surface area contributed by atoms with E-state index in [9.17, 15) is 0 Å². The van der Waals surface area contributed by atoms with Gasteiger partial charge in [0.15, 0.2) is 0 Å². The van der Waals surface area contributed by atoms with Gasteiger partial charge in [-0.2, -0.15) is 0 Å². The summed E-state index contributed by atoms with van der Waals surface area (Å²) in [4.78, 5) is 1.52. The topological polar surface area (TPSA) is 12.0 Å². The molecule has 2 heteroatoms. The van der Waals surface area contributed by atoms with Crippen LogP contribution in [-0.4, -0.2) is 6.04 Å². The van der Waals surface area contributed by atoms with Crippen molar-refractivity contribution in [3.05, 3.63) is 21.9 Å². The van der Waals surface area contributed by atoms with Gasteiger partial charge in [-0.25, -0.2) is 0 Å². The predicted molar refractivity (Wildman–Crippen MR) is 76.6 cm³/mol. The lowest BCUT2D eigenvalue weighted by molar-refractivity contribution is 0.410. The van der Waals surface area contributed by atoms with E-state index in [4.69, 9.17) is 0 Å². The molecule has 1 N–H and O–H groups in total. The number of aryl methyl sites for hydroxylation is 1. The average molecular weight is 251 g/mol. The Bertz CT molecular complexity index is 344. The smallest absolute Gasteiger partial charge is 0.0390 e. The molecule has 0 bridgehead atoms. The molecule has 1 aromatic rings. The van der Waals surface area contributed by atoms with Crippen LogP contribution in [0.2, 0.25) is 0 Å². The third-order valence-corrected chi connectivity index (χ3v) is 5.24. The van der Waals surface area contributed by atoms with Crippen LogP contribution in [0.3, 0.4) is 0 Å². The van der Waals surface area contributed by atoms with Gasteiger partial charge in [-0.05, 0) is 56.0 Å². The van der Waals surface area contributed by atoms with E-state index in [-0.39, 0.29) is 0 Å². The van der Waals surface area contributed by atoms with Gasteiger partial charge >= 0.3 is 0 Å². The normalized spacial score (nSPS) is 27.7. The van der Waals surface area contributed by atoms with Crippen LogP contribution in [0.5, 0.6) is 0 Å². The molecule has 3 atom stereocenters. The molecule has 0 saturated heterocycles. The van der Waals surface area contributed by atoms with Gasteiger partial charge in [0.25, 0.3) is 0 Å². The zero-order chi connectivity index (χ0) is 12.3. The lowest BCUT2D eigenvalue weighted by Crippen LogP contribution is -2.31. The summed E-state index contributed by atoms with van der Waals surface area (Å²) in [5, 5.41) is 6.04. The lowest BCUT2D eigenvalue weighted by atomic mass is 10.0. The monoisotopic (exact) mass is 251 g/mol. The number of rotatable bonds is 3. The molecule has 0 aromatic carbocycles. The molecule has 1 aliphatic carbocycles. The van der Waals surface area contributed by atoms with E-state index in [2.05, 4.69) is 37.5 Å². The molecule has 1 heterocycles. The van der Waals surface area contributed by atoms with Crippen molar-refractivity contribution in [2.45, 2.75) is 65.0 Å². The molecule has 17 heavy (non-hydrogen) atoms. The Balaban J connectivity index is 1.90. The zero-order valence-corrected chi connectivity index (χ0v) is 12.1. The van der Waals surface area contributed by atoms with Crippen LogP contribution in [0.4, 0.5) is 0 Å². The molecule has 1 fully saturated rings. The van der Waals surface area contributed by atoms with Gasteiger partial charge in [-0.3, -0.25) is 0 Å². The van der Waals surface area contributed by atoms with Crippen molar-refractivity contribution < 1.29 is 0 Å². The largest absolute Gasteiger partial charge is 0.307 e.